The molecule has 1 atom stereocenters. The van der Waals surface area contributed by atoms with Crippen LogP contribution >= 0.6 is 11.3 Å². The molecule has 0 fully saturated rings. The van der Waals surface area contributed by atoms with E-state index in [1.807, 2.05) is 48.5 Å². The van der Waals surface area contributed by atoms with Crippen LogP contribution in [0.15, 0.2) is 83.7 Å². The summed E-state index contributed by atoms with van der Waals surface area (Å²) in [6.45, 7) is 0.926. The molecular weight excluding hydrogens is 504 g/mol. The summed E-state index contributed by atoms with van der Waals surface area (Å²) in [7, 11) is 0. The number of carbonyl (C=O) groups is 3. The Balaban J connectivity index is 1.23. The van der Waals surface area contributed by atoms with E-state index >= 15 is 0 Å². The molecule has 0 aliphatic rings. The number of amides is 1. The molecule has 0 aliphatic heterocycles. The van der Waals surface area contributed by atoms with Gasteiger partial charge in [0, 0.05) is 30.6 Å². The molecule has 4 aromatic rings. The molecule has 1 aromatic heterocycles. The minimum Gasteiger partial charge on any atom is -0.480 e. The quantitative estimate of drug-likeness (QED) is 0.199. The average Bonchev–Trinajstić information content (AvgIpc) is 3.24. The summed E-state index contributed by atoms with van der Waals surface area (Å²) < 4.78 is 7.97. The van der Waals surface area contributed by atoms with Gasteiger partial charge in [0.1, 0.15) is 6.04 Å². The zero-order chi connectivity index (χ0) is 26.9. The predicted molar refractivity (Wildman–Crippen MR) is 146 cm³/mol. The van der Waals surface area contributed by atoms with E-state index in [9.17, 15) is 24.3 Å². The Labute approximate surface area is 223 Å². The lowest BCUT2D eigenvalue weighted by Crippen LogP contribution is -2.42. The molecule has 0 spiro atoms. The maximum absolute atomic E-state index is 12.7. The van der Waals surface area contributed by atoms with E-state index in [0.717, 1.165) is 27.1 Å². The van der Waals surface area contributed by atoms with Gasteiger partial charge in [0.25, 0.3) is 0 Å². The van der Waals surface area contributed by atoms with Crippen LogP contribution in [0.2, 0.25) is 0 Å². The van der Waals surface area contributed by atoms with Crippen molar-refractivity contribution >= 4 is 39.2 Å². The van der Waals surface area contributed by atoms with Gasteiger partial charge in [0.15, 0.2) is 5.78 Å². The second-order valence-electron chi connectivity index (χ2n) is 8.76. The minimum atomic E-state index is -1.08. The van der Waals surface area contributed by atoms with Gasteiger partial charge in [-0.1, -0.05) is 72.0 Å². The number of nitrogens with zero attached hydrogens (tertiary/aromatic N) is 1. The predicted octanol–water partition coefficient (Wildman–Crippen LogP) is 3.90. The van der Waals surface area contributed by atoms with Crippen LogP contribution in [0, 0.1) is 0 Å². The molecule has 0 radical (unpaired) electrons. The third-order valence-electron chi connectivity index (χ3n) is 6.03. The van der Waals surface area contributed by atoms with Gasteiger partial charge in [0.05, 0.1) is 23.4 Å². The van der Waals surface area contributed by atoms with E-state index in [-0.39, 0.29) is 36.0 Å². The smallest absolute Gasteiger partial charge is 0.326 e. The maximum atomic E-state index is 12.7. The zero-order valence-corrected chi connectivity index (χ0v) is 21.5. The monoisotopic (exact) mass is 532 g/mol. The van der Waals surface area contributed by atoms with Crippen LogP contribution in [0.4, 0.5) is 0 Å². The number of thiazole rings is 1. The van der Waals surface area contributed by atoms with Crippen LogP contribution in [-0.4, -0.2) is 46.6 Å². The van der Waals surface area contributed by atoms with Crippen LogP contribution in [0.25, 0.3) is 10.2 Å². The van der Waals surface area contributed by atoms with E-state index in [0.29, 0.717) is 30.7 Å². The SMILES string of the molecule is O=C(CCCOCCn1c(=O)sc2cc(C(=O)c3ccccc3)ccc21)NC(Cc1ccccc1)C(=O)O. The summed E-state index contributed by atoms with van der Waals surface area (Å²) in [5, 5.41) is 12.0. The van der Waals surface area contributed by atoms with Crippen molar-refractivity contribution in [1.29, 1.82) is 0 Å². The lowest BCUT2D eigenvalue weighted by atomic mass is 10.0. The molecule has 1 amide bonds. The van der Waals surface area contributed by atoms with Crippen LogP contribution in [0.3, 0.4) is 0 Å². The van der Waals surface area contributed by atoms with Crippen molar-refractivity contribution in [3.05, 3.63) is 105 Å². The summed E-state index contributed by atoms with van der Waals surface area (Å²) >= 11 is 1.08. The lowest BCUT2D eigenvalue weighted by Gasteiger charge is -2.14. The standard InChI is InChI=1S/C29H28N2O6S/c32-26(30-23(28(34)35)18-20-8-3-1-4-9-20)12-7-16-37-17-15-31-24-14-13-22(19-25(24)38-29(31)36)27(33)21-10-5-2-6-11-21/h1-6,8-11,13-14,19,23H,7,12,15-18H2,(H,30,32)(H,34,35). The minimum absolute atomic E-state index is 0.0954. The number of aliphatic carboxylic acids is 1. The fourth-order valence-electron chi connectivity index (χ4n) is 4.08. The van der Waals surface area contributed by atoms with Gasteiger partial charge in [-0.2, -0.15) is 0 Å². The van der Waals surface area contributed by atoms with Gasteiger partial charge in [-0.25, -0.2) is 4.79 Å². The molecule has 0 bridgehead atoms. The van der Waals surface area contributed by atoms with Crippen LogP contribution in [0.1, 0.15) is 34.3 Å². The average molecular weight is 533 g/mol. The number of nitrogens with one attached hydrogen (secondary N) is 1. The molecule has 1 heterocycles. The molecule has 9 heteroatoms. The second kappa shape index (κ2) is 12.9. The number of carboxylic acids is 1. The van der Waals surface area contributed by atoms with Crippen LogP contribution in [-0.2, 0) is 27.3 Å². The van der Waals surface area contributed by atoms with Crippen molar-refractivity contribution in [2.45, 2.75) is 31.8 Å². The number of carboxylic acid groups (broad SMARTS) is 1. The Morgan fingerprint density at radius 3 is 2.34 bits per heavy atom. The van der Waals surface area contributed by atoms with E-state index in [1.54, 1.807) is 34.9 Å². The van der Waals surface area contributed by atoms with Crippen molar-refractivity contribution < 1.29 is 24.2 Å². The Morgan fingerprint density at radius 2 is 1.63 bits per heavy atom. The maximum Gasteiger partial charge on any atom is 0.326 e. The number of ether oxygens (including phenoxy) is 1. The van der Waals surface area contributed by atoms with Crippen LogP contribution < -0.4 is 10.2 Å². The fourth-order valence-corrected chi connectivity index (χ4v) is 5.04. The highest BCUT2D eigenvalue weighted by Crippen LogP contribution is 2.21. The van der Waals surface area contributed by atoms with Crippen LogP contribution in [0.5, 0.6) is 0 Å². The third-order valence-corrected chi connectivity index (χ3v) is 6.98. The topological polar surface area (TPSA) is 115 Å². The highest BCUT2D eigenvalue weighted by Gasteiger charge is 2.20. The highest BCUT2D eigenvalue weighted by atomic mass is 32.1. The van der Waals surface area contributed by atoms with Crippen molar-refractivity contribution in [3.8, 4) is 0 Å². The molecule has 1 unspecified atom stereocenters. The van der Waals surface area contributed by atoms with Crippen molar-refractivity contribution in [2.75, 3.05) is 13.2 Å². The first-order valence-electron chi connectivity index (χ1n) is 12.3. The molecule has 4 rings (SSSR count). The number of ketones is 1. The molecule has 2 N–H and O–H groups in total. The Morgan fingerprint density at radius 1 is 0.921 bits per heavy atom. The number of fused-ring (bicyclic) bond motifs is 1. The number of aromatic nitrogens is 1. The van der Waals surface area contributed by atoms with E-state index in [1.165, 1.54) is 0 Å². The number of hydrogen-bond acceptors (Lipinski definition) is 6. The largest absolute Gasteiger partial charge is 0.480 e. The molecule has 0 saturated carbocycles. The summed E-state index contributed by atoms with van der Waals surface area (Å²) in [6.07, 6.45) is 0.773. The first kappa shape index (κ1) is 27.0. The van der Waals surface area contributed by atoms with Gasteiger partial charge in [0.2, 0.25) is 5.91 Å². The summed E-state index contributed by atoms with van der Waals surface area (Å²) in [4.78, 5) is 48.9. The van der Waals surface area contributed by atoms with E-state index in [2.05, 4.69) is 5.32 Å². The third kappa shape index (κ3) is 7.02. The fraction of sp³-hybridized carbons (Fsp3) is 0.241. The molecule has 0 aliphatic carbocycles. The second-order valence-corrected chi connectivity index (χ2v) is 9.75. The molecule has 196 valence electrons. The first-order valence-corrected chi connectivity index (χ1v) is 13.1. The summed E-state index contributed by atoms with van der Waals surface area (Å²) in [5.41, 5.74) is 2.69. The zero-order valence-electron chi connectivity index (χ0n) is 20.7. The van der Waals surface area contributed by atoms with E-state index in [4.69, 9.17) is 4.74 Å². The molecular formula is C29H28N2O6S. The number of rotatable bonds is 13. The van der Waals surface area contributed by atoms with Crippen molar-refractivity contribution in [2.24, 2.45) is 0 Å². The van der Waals surface area contributed by atoms with Gasteiger partial charge in [-0.3, -0.25) is 19.0 Å². The van der Waals surface area contributed by atoms with Crippen molar-refractivity contribution in [1.82, 2.24) is 9.88 Å². The van der Waals surface area contributed by atoms with Gasteiger partial charge in [-0.05, 0) is 30.2 Å². The lowest BCUT2D eigenvalue weighted by molar-refractivity contribution is -0.141. The number of hydrogen-bond donors (Lipinski definition) is 2. The van der Waals surface area contributed by atoms with E-state index < -0.39 is 12.0 Å². The number of carbonyl (C=O) groups excluding carboxylic acids is 2. The first-order chi connectivity index (χ1) is 18.4. The van der Waals surface area contributed by atoms with Gasteiger partial charge < -0.3 is 15.2 Å². The molecule has 8 nitrogen and oxygen atoms in total. The normalized spacial score (nSPS) is 11.8. The van der Waals surface area contributed by atoms with Gasteiger partial charge in [-0.15, -0.1) is 0 Å². The molecule has 0 saturated heterocycles. The van der Waals surface area contributed by atoms with Crippen molar-refractivity contribution in [3.63, 3.8) is 0 Å². The summed E-state index contributed by atoms with van der Waals surface area (Å²) in [6, 6.07) is 22.4. The Hall–Kier alpha value is -4.08. The molecule has 38 heavy (non-hydrogen) atoms. The Bertz CT molecular complexity index is 1460. The van der Waals surface area contributed by atoms with Gasteiger partial charge >= 0.3 is 10.8 Å². The summed E-state index contributed by atoms with van der Waals surface area (Å²) in [5.74, 6) is -1.52. The highest BCUT2D eigenvalue weighted by molar-refractivity contribution is 7.16. The number of benzene rings is 3. The Kier molecular flexibility index (Phi) is 9.18. The molecule has 3 aromatic carbocycles.